The summed E-state index contributed by atoms with van der Waals surface area (Å²) in [7, 11) is 1.20. The number of benzene rings is 2. The quantitative estimate of drug-likeness (QED) is 0.336. The Hall–Kier alpha value is -2.71. The third kappa shape index (κ3) is 4.56. The van der Waals surface area contributed by atoms with Gasteiger partial charge in [-0.15, -0.1) is 0 Å². The van der Waals surface area contributed by atoms with Crippen molar-refractivity contribution in [3.63, 3.8) is 0 Å². The average molecular weight is 469 g/mol. The predicted octanol–water partition coefficient (Wildman–Crippen LogP) is 6.40. The maximum atomic E-state index is 14.4. The number of aliphatic imine (C=N–C) groups is 1. The molecule has 32 heavy (non-hydrogen) atoms. The van der Waals surface area contributed by atoms with Gasteiger partial charge < -0.3 is 9.84 Å². The minimum Gasteiger partial charge on any atom is -0.493 e. The smallest absolute Gasteiger partial charge is 0.422 e. The number of ether oxygens (including phenoxy) is 1. The molecule has 2 aromatic carbocycles. The largest absolute Gasteiger partial charge is 0.493 e. The van der Waals surface area contributed by atoms with Gasteiger partial charge in [0.1, 0.15) is 0 Å². The number of aromatic nitrogens is 1. The number of methoxy groups -OCH3 is 1. The zero-order chi connectivity index (χ0) is 23.7. The molecule has 170 valence electrons. The highest BCUT2D eigenvalue weighted by molar-refractivity contribution is 6.30. The molecule has 0 saturated carbocycles. The van der Waals surface area contributed by atoms with Crippen LogP contribution in [-0.4, -0.2) is 35.2 Å². The second kappa shape index (κ2) is 8.67. The van der Waals surface area contributed by atoms with Gasteiger partial charge >= 0.3 is 6.18 Å². The van der Waals surface area contributed by atoms with Crippen LogP contribution in [0.15, 0.2) is 53.8 Å². The number of alkyl halides is 3. The first-order valence-corrected chi connectivity index (χ1v) is 9.97. The summed E-state index contributed by atoms with van der Waals surface area (Å²) in [5.74, 6) is -1.15. The van der Waals surface area contributed by atoms with Crippen molar-refractivity contribution in [3.05, 3.63) is 65.2 Å². The van der Waals surface area contributed by atoms with Gasteiger partial charge in [0.05, 0.1) is 17.8 Å². The number of rotatable bonds is 6. The number of hydrogen-bond acceptors (Lipinski definition) is 4. The van der Waals surface area contributed by atoms with Crippen molar-refractivity contribution < 1.29 is 27.4 Å². The number of aliphatic hydroxyl groups is 1. The van der Waals surface area contributed by atoms with Crippen molar-refractivity contribution in [1.82, 2.24) is 4.98 Å². The van der Waals surface area contributed by atoms with Crippen molar-refractivity contribution in [2.75, 3.05) is 7.11 Å². The van der Waals surface area contributed by atoms with E-state index >= 15 is 0 Å². The molecule has 1 heterocycles. The fourth-order valence-electron chi connectivity index (χ4n) is 3.65. The summed E-state index contributed by atoms with van der Waals surface area (Å²) in [4.78, 5) is 7.96. The van der Waals surface area contributed by atoms with Crippen molar-refractivity contribution in [2.24, 2.45) is 4.99 Å². The van der Waals surface area contributed by atoms with Gasteiger partial charge in [0, 0.05) is 34.9 Å². The van der Waals surface area contributed by atoms with E-state index in [2.05, 4.69) is 9.98 Å². The van der Waals surface area contributed by atoms with E-state index in [1.54, 1.807) is 30.5 Å². The van der Waals surface area contributed by atoms with Crippen LogP contribution in [0.2, 0.25) is 5.02 Å². The Bertz CT molecular complexity index is 1160. The van der Waals surface area contributed by atoms with Gasteiger partial charge in [-0.25, -0.2) is 4.39 Å². The van der Waals surface area contributed by atoms with Crippen LogP contribution in [-0.2, 0) is 5.41 Å². The molecule has 1 aromatic heterocycles. The highest BCUT2D eigenvalue weighted by Gasteiger charge is 2.55. The summed E-state index contributed by atoms with van der Waals surface area (Å²) in [6.07, 6.45) is -2.33. The monoisotopic (exact) mass is 468 g/mol. The lowest BCUT2D eigenvalue weighted by molar-refractivity contribution is -0.234. The van der Waals surface area contributed by atoms with Crippen LogP contribution >= 0.6 is 11.6 Å². The maximum absolute atomic E-state index is 14.4. The van der Waals surface area contributed by atoms with E-state index in [0.717, 1.165) is 0 Å². The molecule has 0 aliphatic carbocycles. The van der Waals surface area contributed by atoms with Gasteiger partial charge in [0.2, 0.25) is 0 Å². The van der Waals surface area contributed by atoms with Gasteiger partial charge in [0.25, 0.3) is 0 Å². The fraction of sp³-hybridized carbons (Fsp3) is 0.304. The van der Waals surface area contributed by atoms with E-state index in [9.17, 15) is 22.7 Å². The SMILES string of the molecule is COc1c(C(C)(C)CC(O)(C=Nc2cccc3cnccc23)C(F)(F)F)ccc(Cl)c1F. The number of pyridine rings is 1. The number of hydrogen-bond donors (Lipinski definition) is 1. The lowest BCUT2D eigenvalue weighted by Gasteiger charge is -2.36. The zero-order valence-corrected chi connectivity index (χ0v) is 18.3. The van der Waals surface area contributed by atoms with Crippen LogP contribution in [0.5, 0.6) is 5.75 Å². The predicted molar refractivity (Wildman–Crippen MR) is 117 cm³/mol. The van der Waals surface area contributed by atoms with E-state index in [-0.39, 0.29) is 22.0 Å². The van der Waals surface area contributed by atoms with Gasteiger partial charge in [0.15, 0.2) is 17.2 Å². The average Bonchev–Trinajstić information content (AvgIpc) is 2.72. The fourth-order valence-corrected chi connectivity index (χ4v) is 3.80. The van der Waals surface area contributed by atoms with E-state index < -0.39 is 29.4 Å². The number of fused-ring (bicyclic) bond motifs is 1. The molecule has 0 aliphatic rings. The van der Waals surface area contributed by atoms with Crippen LogP contribution < -0.4 is 4.74 Å². The second-order valence-electron chi connectivity index (χ2n) is 8.06. The molecule has 1 unspecified atom stereocenters. The summed E-state index contributed by atoms with van der Waals surface area (Å²) in [6, 6.07) is 9.17. The molecular formula is C23H21ClF4N2O2. The minimum absolute atomic E-state index is 0.134. The number of halogens is 5. The summed E-state index contributed by atoms with van der Waals surface area (Å²) in [6.45, 7) is 2.90. The summed E-state index contributed by atoms with van der Waals surface area (Å²) in [5.41, 5.74) is -4.28. The molecule has 0 spiro atoms. The van der Waals surface area contributed by atoms with E-state index in [0.29, 0.717) is 17.0 Å². The van der Waals surface area contributed by atoms with Crippen LogP contribution in [0, 0.1) is 5.82 Å². The van der Waals surface area contributed by atoms with Gasteiger partial charge in [-0.05, 0) is 30.0 Å². The first-order valence-electron chi connectivity index (χ1n) is 9.59. The normalized spacial score (nSPS) is 14.7. The topological polar surface area (TPSA) is 54.7 Å². The molecule has 4 nitrogen and oxygen atoms in total. The Morgan fingerprint density at radius 2 is 1.88 bits per heavy atom. The van der Waals surface area contributed by atoms with Crippen molar-refractivity contribution in [2.45, 2.75) is 37.5 Å². The van der Waals surface area contributed by atoms with E-state index in [1.807, 2.05) is 0 Å². The van der Waals surface area contributed by atoms with Crippen LogP contribution in [0.1, 0.15) is 25.8 Å². The molecule has 0 bridgehead atoms. The molecule has 0 fully saturated rings. The van der Waals surface area contributed by atoms with Gasteiger partial charge in [-0.2, -0.15) is 13.2 Å². The lowest BCUT2D eigenvalue weighted by Crippen LogP contribution is -2.50. The molecule has 0 amide bonds. The Morgan fingerprint density at radius 1 is 1.16 bits per heavy atom. The first-order chi connectivity index (χ1) is 14.9. The Labute approximate surface area is 187 Å². The van der Waals surface area contributed by atoms with E-state index in [4.69, 9.17) is 16.3 Å². The molecule has 0 radical (unpaired) electrons. The van der Waals surface area contributed by atoms with Gasteiger partial charge in [-0.3, -0.25) is 9.98 Å². The highest BCUT2D eigenvalue weighted by atomic mass is 35.5. The standard InChI is InChI=1S/C23H21ClF4N2O2/c1-21(2,16-7-8-17(24)19(25)20(16)32-3)12-22(31,23(26,27)28)13-30-18-6-4-5-14-11-29-10-9-15(14)18/h4-11,13,31H,12H2,1-3H3. The Kier molecular flexibility index (Phi) is 6.49. The first kappa shape index (κ1) is 23.9. The van der Waals surface area contributed by atoms with Crippen LogP contribution in [0.4, 0.5) is 23.2 Å². The number of nitrogens with zero attached hydrogens (tertiary/aromatic N) is 2. The molecule has 1 N–H and O–H groups in total. The van der Waals surface area contributed by atoms with E-state index in [1.165, 1.54) is 39.3 Å². The Balaban J connectivity index is 2.05. The third-order valence-corrected chi connectivity index (χ3v) is 5.55. The summed E-state index contributed by atoms with van der Waals surface area (Å²) < 4.78 is 61.5. The lowest BCUT2D eigenvalue weighted by atomic mass is 9.74. The molecule has 0 saturated heterocycles. The molecule has 3 rings (SSSR count). The molecule has 9 heteroatoms. The summed E-state index contributed by atoms with van der Waals surface area (Å²) in [5, 5.41) is 11.8. The molecule has 1 atom stereocenters. The molecular weight excluding hydrogens is 448 g/mol. The third-order valence-electron chi connectivity index (χ3n) is 5.26. The van der Waals surface area contributed by atoms with Crippen molar-refractivity contribution in [1.29, 1.82) is 0 Å². The highest BCUT2D eigenvalue weighted by Crippen LogP contribution is 2.44. The maximum Gasteiger partial charge on any atom is 0.422 e. The van der Waals surface area contributed by atoms with Crippen LogP contribution in [0.3, 0.4) is 0 Å². The molecule has 0 aliphatic heterocycles. The molecule has 3 aromatic rings. The van der Waals surface area contributed by atoms with Gasteiger partial charge in [-0.1, -0.05) is 43.6 Å². The summed E-state index contributed by atoms with van der Waals surface area (Å²) >= 11 is 5.78. The van der Waals surface area contributed by atoms with Crippen LogP contribution in [0.25, 0.3) is 10.8 Å². The minimum atomic E-state index is -5.04. The van der Waals surface area contributed by atoms with Crippen molar-refractivity contribution >= 4 is 34.3 Å². The zero-order valence-electron chi connectivity index (χ0n) is 17.5. The second-order valence-corrected chi connectivity index (χ2v) is 8.46. The van der Waals surface area contributed by atoms with Crippen molar-refractivity contribution in [3.8, 4) is 5.75 Å². The Morgan fingerprint density at radius 3 is 2.53 bits per heavy atom.